The van der Waals surface area contributed by atoms with Gasteiger partial charge in [0.2, 0.25) is 11.8 Å². The maximum atomic E-state index is 11.3. The number of hydrogen-bond acceptors (Lipinski definition) is 4. The summed E-state index contributed by atoms with van der Waals surface area (Å²) in [5.74, 6) is -2.59. The standard InChI is InChI=1S/C14H20N2O6/c17-11(5-1-3-7-13(19)20)15-9-10-16-12(18)6-2-4-8-14(21)22/h9-10H,1-8H2,(H,19,20)(H,21,22). The summed E-state index contributed by atoms with van der Waals surface area (Å²) in [6.07, 6.45) is 4.32. The number of carboxylic acid groups (broad SMARTS) is 2. The van der Waals surface area contributed by atoms with Crippen LogP contribution in [-0.4, -0.2) is 46.4 Å². The van der Waals surface area contributed by atoms with Crippen LogP contribution in [0.25, 0.3) is 0 Å². The third kappa shape index (κ3) is 14.0. The Morgan fingerprint density at radius 2 is 0.955 bits per heavy atom. The molecule has 0 aromatic heterocycles. The van der Waals surface area contributed by atoms with Gasteiger partial charge in [-0.3, -0.25) is 19.2 Å². The second-order valence-corrected chi connectivity index (χ2v) is 4.55. The van der Waals surface area contributed by atoms with E-state index in [0.29, 0.717) is 25.7 Å². The maximum absolute atomic E-state index is 11.3. The Balaban J connectivity index is 3.76. The van der Waals surface area contributed by atoms with E-state index in [4.69, 9.17) is 10.2 Å². The molecule has 2 amide bonds. The Kier molecular flexibility index (Phi) is 11.0. The van der Waals surface area contributed by atoms with Crippen molar-refractivity contribution in [1.82, 2.24) is 0 Å². The van der Waals surface area contributed by atoms with Crippen molar-refractivity contribution in [2.45, 2.75) is 51.4 Å². The van der Waals surface area contributed by atoms with Crippen molar-refractivity contribution in [3.63, 3.8) is 0 Å². The SMILES string of the molecule is O=C(O)CCCCC(=O)N=CC=NC(=O)CCCCC(=O)O. The Morgan fingerprint density at radius 1 is 0.636 bits per heavy atom. The lowest BCUT2D eigenvalue weighted by atomic mass is 10.2. The van der Waals surface area contributed by atoms with E-state index in [1.54, 1.807) is 0 Å². The Bertz CT molecular complexity index is 414. The lowest BCUT2D eigenvalue weighted by Gasteiger charge is -1.94. The number of nitrogens with zero attached hydrogens (tertiary/aromatic N) is 2. The summed E-state index contributed by atoms with van der Waals surface area (Å²) in [6.45, 7) is 0. The highest BCUT2D eigenvalue weighted by Crippen LogP contribution is 2.01. The molecule has 0 heterocycles. The Hall–Kier alpha value is -2.38. The first-order chi connectivity index (χ1) is 10.4. The van der Waals surface area contributed by atoms with Crippen LogP contribution in [0.1, 0.15) is 51.4 Å². The average molecular weight is 312 g/mol. The smallest absolute Gasteiger partial charge is 0.303 e. The van der Waals surface area contributed by atoms with E-state index in [1.807, 2.05) is 0 Å². The predicted molar refractivity (Wildman–Crippen MR) is 79.2 cm³/mol. The van der Waals surface area contributed by atoms with Crippen LogP contribution in [-0.2, 0) is 19.2 Å². The molecule has 0 aromatic carbocycles. The van der Waals surface area contributed by atoms with Crippen molar-refractivity contribution in [2.75, 3.05) is 0 Å². The number of aliphatic carboxylic acids is 2. The fourth-order valence-corrected chi connectivity index (χ4v) is 1.47. The van der Waals surface area contributed by atoms with Crippen molar-refractivity contribution in [3.8, 4) is 0 Å². The van der Waals surface area contributed by atoms with Gasteiger partial charge in [-0.15, -0.1) is 0 Å². The van der Waals surface area contributed by atoms with Crippen LogP contribution in [0.15, 0.2) is 9.98 Å². The molecule has 122 valence electrons. The molecule has 0 saturated heterocycles. The number of carboxylic acids is 2. The van der Waals surface area contributed by atoms with E-state index >= 15 is 0 Å². The number of aliphatic imine (C=N–C) groups is 2. The number of hydrogen-bond donors (Lipinski definition) is 2. The lowest BCUT2D eigenvalue weighted by Crippen LogP contribution is -1.99. The molecule has 0 fully saturated rings. The van der Waals surface area contributed by atoms with Crippen LogP contribution < -0.4 is 0 Å². The molecule has 8 nitrogen and oxygen atoms in total. The molecular weight excluding hydrogens is 292 g/mol. The largest absolute Gasteiger partial charge is 0.481 e. The fraction of sp³-hybridized carbons (Fsp3) is 0.571. The van der Waals surface area contributed by atoms with Crippen molar-refractivity contribution in [3.05, 3.63) is 0 Å². The van der Waals surface area contributed by atoms with Crippen LogP contribution in [0.5, 0.6) is 0 Å². The molecule has 0 bridgehead atoms. The van der Waals surface area contributed by atoms with E-state index in [1.165, 1.54) is 0 Å². The van der Waals surface area contributed by atoms with E-state index in [0.717, 1.165) is 12.4 Å². The van der Waals surface area contributed by atoms with Gasteiger partial charge in [0.15, 0.2) is 0 Å². The minimum absolute atomic E-state index is 0.0227. The molecule has 8 heteroatoms. The molecule has 0 unspecified atom stereocenters. The second-order valence-electron chi connectivity index (χ2n) is 4.55. The summed E-state index contributed by atoms with van der Waals surface area (Å²) in [7, 11) is 0. The molecule has 0 aliphatic rings. The van der Waals surface area contributed by atoms with E-state index in [-0.39, 0.29) is 25.7 Å². The molecule has 0 radical (unpaired) electrons. The third-order valence-corrected chi connectivity index (χ3v) is 2.57. The lowest BCUT2D eigenvalue weighted by molar-refractivity contribution is -0.138. The zero-order valence-corrected chi connectivity index (χ0v) is 12.2. The van der Waals surface area contributed by atoms with Crippen LogP contribution in [0, 0.1) is 0 Å². The van der Waals surface area contributed by atoms with Crippen molar-refractivity contribution < 1.29 is 29.4 Å². The molecule has 0 aliphatic heterocycles. The number of carbonyl (C=O) groups excluding carboxylic acids is 2. The highest BCUT2D eigenvalue weighted by Gasteiger charge is 2.01. The van der Waals surface area contributed by atoms with Gasteiger partial charge in [-0.05, 0) is 25.7 Å². The van der Waals surface area contributed by atoms with Gasteiger partial charge in [0.25, 0.3) is 0 Å². The van der Waals surface area contributed by atoms with Crippen molar-refractivity contribution >= 4 is 36.2 Å². The zero-order chi connectivity index (χ0) is 16.8. The highest BCUT2D eigenvalue weighted by molar-refractivity contribution is 6.21. The van der Waals surface area contributed by atoms with Gasteiger partial charge >= 0.3 is 11.9 Å². The van der Waals surface area contributed by atoms with Gasteiger partial charge in [-0.25, -0.2) is 9.98 Å². The summed E-state index contributed by atoms with van der Waals surface area (Å²) >= 11 is 0. The molecule has 22 heavy (non-hydrogen) atoms. The number of rotatable bonds is 11. The molecule has 0 atom stereocenters. The fourth-order valence-electron chi connectivity index (χ4n) is 1.47. The quantitative estimate of drug-likeness (QED) is 0.438. The Morgan fingerprint density at radius 3 is 1.27 bits per heavy atom. The van der Waals surface area contributed by atoms with Gasteiger partial charge in [-0.1, -0.05) is 0 Å². The summed E-state index contributed by atoms with van der Waals surface area (Å²) in [5.41, 5.74) is 0. The number of unbranched alkanes of at least 4 members (excludes halogenated alkanes) is 2. The maximum Gasteiger partial charge on any atom is 0.303 e. The van der Waals surface area contributed by atoms with Crippen molar-refractivity contribution in [2.24, 2.45) is 9.98 Å². The molecular formula is C14H20N2O6. The molecule has 0 rings (SSSR count). The summed E-state index contributed by atoms with van der Waals surface area (Å²) in [4.78, 5) is 50.1. The Labute approximate surface area is 128 Å². The molecule has 2 N–H and O–H groups in total. The topological polar surface area (TPSA) is 133 Å². The van der Waals surface area contributed by atoms with E-state index in [2.05, 4.69) is 9.98 Å². The van der Waals surface area contributed by atoms with Gasteiger partial charge in [-0.2, -0.15) is 0 Å². The molecule has 0 spiro atoms. The summed E-state index contributed by atoms with van der Waals surface area (Å²) in [6, 6.07) is 0. The molecule has 0 aliphatic carbocycles. The first kappa shape index (κ1) is 19.6. The zero-order valence-electron chi connectivity index (χ0n) is 12.2. The van der Waals surface area contributed by atoms with E-state index in [9.17, 15) is 19.2 Å². The number of amides is 2. The van der Waals surface area contributed by atoms with Gasteiger partial charge < -0.3 is 10.2 Å². The minimum atomic E-state index is -0.898. The van der Waals surface area contributed by atoms with Crippen molar-refractivity contribution in [1.29, 1.82) is 0 Å². The minimum Gasteiger partial charge on any atom is -0.481 e. The van der Waals surface area contributed by atoms with E-state index < -0.39 is 23.8 Å². The molecule has 0 saturated carbocycles. The van der Waals surface area contributed by atoms with Crippen LogP contribution in [0.3, 0.4) is 0 Å². The number of carbonyl (C=O) groups is 4. The first-order valence-electron chi connectivity index (χ1n) is 6.97. The molecule has 0 aromatic rings. The first-order valence-corrected chi connectivity index (χ1v) is 6.97. The second kappa shape index (κ2) is 12.4. The van der Waals surface area contributed by atoms with Gasteiger partial charge in [0.1, 0.15) is 0 Å². The highest BCUT2D eigenvalue weighted by atomic mass is 16.4. The summed E-state index contributed by atoms with van der Waals surface area (Å²) in [5, 5.41) is 16.8. The van der Waals surface area contributed by atoms with Gasteiger partial charge in [0.05, 0.1) is 0 Å². The summed E-state index contributed by atoms with van der Waals surface area (Å²) < 4.78 is 0. The predicted octanol–water partition coefficient (Wildman–Crippen LogP) is 1.47. The third-order valence-electron chi connectivity index (χ3n) is 2.57. The average Bonchev–Trinajstić information content (AvgIpc) is 2.44. The monoisotopic (exact) mass is 312 g/mol. The van der Waals surface area contributed by atoms with Crippen LogP contribution in [0.4, 0.5) is 0 Å². The van der Waals surface area contributed by atoms with Gasteiger partial charge in [0, 0.05) is 38.1 Å². The normalized spacial score (nSPS) is 11.1. The van der Waals surface area contributed by atoms with Crippen LogP contribution in [0.2, 0.25) is 0 Å². The van der Waals surface area contributed by atoms with Crippen LogP contribution >= 0.6 is 0 Å².